The van der Waals surface area contributed by atoms with E-state index in [1.165, 1.54) is 0 Å². The maximum atomic E-state index is 12.4. The van der Waals surface area contributed by atoms with E-state index in [2.05, 4.69) is 21.2 Å². The van der Waals surface area contributed by atoms with Gasteiger partial charge in [-0.25, -0.2) is 0 Å². The van der Waals surface area contributed by atoms with Gasteiger partial charge in [0, 0.05) is 22.7 Å². The largest absolute Gasteiger partial charge is 0.353 e. The van der Waals surface area contributed by atoms with Crippen LogP contribution in [0.15, 0.2) is 28.7 Å². The Bertz CT molecular complexity index is 501. The molecule has 2 rings (SSSR count). The summed E-state index contributed by atoms with van der Waals surface area (Å²) in [5.74, 6) is -0.801. The molecule has 1 aromatic rings. The number of carbonyl (C=O) groups is 2. The summed E-state index contributed by atoms with van der Waals surface area (Å²) in [5, 5.41) is 2.89. The summed E-state index contributed by atoms with van der Waals surface area (Å²) in [6.07, 6.45) is 1.44. The van der Waals surface area contributed by atoms with Crippen molar-refractivity contribution in [2.24, 2.45) is 5.92 Å². The fourth-order valence-electron chi connectivity index (χ4n) is 2.25. The molecule has 2 atom stereocenters. The van der Waals surface area contributed by atoms with Crippen LogP contribution in [-0.2, 0) is 9.59 Å². The average Bonchev–Trinajstić information content (AvgIpc) is 2.81. The molecule has 1 aromatic carbocycles. The van der Waals surface area contributed by atoms with Gasteiger partial charge in [0.25, 0.3) is 0 Å². The number of rotatable bonds is 4. The van der Waals surface area contributed by atoms with Crippen LogP contribution in [0.5, 0.6) is 0 Å². The Morgan fingerprint density at radius 2 is 2.10 bits per heavy atom. The second kappa shape index (κ2) is 6.39. The molecular weight excluding hydrogens is 320 g/mol. The van der Waals surface area contributed by atoms with Gasteiger partial charge in [0.2, 0.25) is 11.8 Å². The number of nitrogens with zero attached hydrogens (tertiary/aromatic N) is 1. The van der Waals surface area contributed by atoms with Gasteiger partial charge < -0.3 is 10.2 Å². The molecule has 20 heavy (non-hydrogen) atoms. The molecule has 0 spiro atoms. The zero-order valence-corrected chi connectivity index (χ0v) is 13.3. The van der Waals surface area contributed by atoms with Crippen LogP contribution >= 0.6 is 15.9 Å². The van der Waals surface area contributed by atoms with E-state index in [-0.39, 0.29) is 17.9 Å². The Kier molecular flexibility index (Phi) is 4.81. The topological polar surface area (TPSA) is 49.4 Å². The lowest BCUT2D eigenvalue weighted by molar-refractivity contribution is -0.132. The number of amides is 2. The molecule has 1 heterocycles. The first-order valence-electron chi connectivity index (χ1n) is 6.90. The SMILES string of the molecule is CCC(C)NC(=O)C1CCN(c2ccc(Br)cc2)C1=O. The molecule has 0 bridgehead atoms. The average molecular weight is 339 g/mol. The van der Waals surface area contributed by atoms with Gasteiger partial charge in [-0.05, 0) is 44.0 Å². The molecule has 2 unspecified atom stereocenters. The molecule has 1 aliphatic heterocycles. The van der Waals surface area contributed by atoms with Crippen LogP contribution in [0.3, 0.4) is 0 Å². The van der Waals surface area contributed by atoms with E-state index in [4.69, 9.17) is 0 Å². The van der Waals surface area contributed by atoms with Crippen molar-refractivity contribution in [2.75, 3.05) is 11.4 Å². The van der Waals surface area contributed by atoms with Gasteiger partial charge in [-0.3, -0.25) is 9.59 Å². The highest BCUT2D eigenvalue weighted by Crippen LogP contribution is 2.26. The van der Waals surface area contributed by atoms with Crippen molar-refractivity contribution in [1.82, 2.24) is 5.32 Å². The van der Waals surface area contributed by atoms with Crippen molar-refractivity contribution in [2.45, 2.75) is 32.7 Å². The van der Waals surface area contributed by atoms with Gasteiger partial charge in [0.05, 0.1) is 0 Å². The highest BCUT2D eigenvalue weighted by Gasteiger charge is 2.37. The Morgan fingerprint density at radius 3 is 2.70 bits per heavy atom. The van der Waals surface area contributed by atoms with Crippen molar-refractivity contribution < 1.29 is 9.59 Å². The van der Waals surface area contributed by atoms with E-state index >= 15 is 0 Å². The summed E-state index contributed by atoms with van der Waals surface area (Å²) in [7, 11) is 0. The highest BCUT2D eigenvalue weighted by molar-refractivity contribution is 9.10. The van der Waals surface area contributed by atoms with Crippen LogP contribution in [0.25, 0.3) is 0 Å². The van der Waals surface area contributed by atoms with E-state index in [0.717, 1.165) is 16.6 Å². The molecule has 0 aliphatic carbocycles. The third-order valence-electron chi connectivity index (χ3n) is 3.66. The molecule has 4 nitrogen and oxygen atoms in total. The summed E-state index contributed by atoms with van der Waals surface area (Å²) in [4.78, 5) is 26.1. The number of hydrogen-bond acceptors (Lipinski definition) is 2. The fourth-order valence-corrected chi connectivity index (χ4v) is 2.51. The first kappa shape index (κ1) is 15.0. The minimum atomic E-state index is -0.548. The molecule has 5 heteroatoms. The molecule has 0 radical (unpaired) electrons. The number of hydrogen-bond donors (Lipinski definition) is 1. The van der Waals surface area contributed by atoms with Crippen LogP contribution in [0.2, 0.25) is 0 Å². The lowest BCUT2D eigenvalue weighted by Crippen LogP contribution is -2.40. The van der Waals surface area contributed by atoms with Gasteiger partial charge in [-0.2, -0.15) is 0 Å². The smallest absolute Gasteiger partial charge is 0.239 e. The van der Waals surface area contributed by atoms with Crippen molar-refractivity contribution in [1.29, 1.82) is 0 Å². The number of carbonyl (C=O) groups excluding carboxylic acids is 2. The van der Waals surface area contributed by atoms with Gasteiger partial charge in [0.15, 0.2) is 0 Å². The molecule has 1 aliphatic rings. The molecule has 1 saturated heterocycles. The predicted octanol–water partition coefficient (Wildman–Crippen LogP) is 2.72. The molecule has 108 valence electrons. The quantitative estimate of drug-likeness (QED) is 0.858. The Morgan fingerprint density at radius 1 is 1.45 bits per heavy atom. The number of benzene rings is 1. The molecule has 2 amide bonds. The van der Waals surface area contributed by atoms with Crippen molar-refractivity contribution in [3.63, 3.8) is 0 Å². The molecule has 1 fully saturated rings. The van der Waals surface area contributed by atoms with Crippen LogP contribution in [0.1, 0.15) is 26.7 Å². The van der Waals surface area contributed by atoms with Gasteiger partial charge in [0.1, 0.15) is 5.92 Å². The summed E-state index contributed by atoms with van der Waals surface area (Å²) in [6.45, 7) is 4.55. The first-order valence-corrected chi connectivity index (χ1v) is 7.69. The van der Waals surface area contributed by atoms with Gasteiger partial charge >= 0.3 is 0 Å². The number of nitrogens with one attached hydrogen (secondary N) is 1. The van der Waals surface area contributed by atoms with E-state index < -0.39 is 5.92 Å². The second-order valence-electron chi connectivity index (χ2n) is 5.13. The van der Waals surface area contributed by atoms with E-state index in [1.54, 1.807) is 4.90 Å². The van der Waals surface area contributed by atoms with Gasteiger partial charge in [-0.1, -0.05) is 22.9 Å². The minimum Gasteiger partial charge on any atom is -0.353 e. The Hall–Kier alpha value is -1.36. The van der Waals surface area contributed by atoms with E-state index in [1.807, 2.05) is 38.1 Å². The summed E-state index contributed by atoms with van der Waals surface area (Å²) < 4.78 is 0.971. The lowest BCUT2D eigenvalue weighted by Gasteiger charge is -2.18. The Labute approximate surface area is 127 Å². The predicted molar refractivity (Wildman–Crippen MR) is 82.5 cm³/mol. The zero-order chi connectivity index (χ0) is 14.7. The number of halogens is 1. The maximum absolute atomic E-state index is 12.4. The Balaban J connectivity index is 2.05. The van der Waals surface area contributed by atoms with E-state index in [0.29, 0.717) is 13.0 Å². The summed E-state index contributed by atoms with van der Waals surface area (Å²) >= 11 is 3.37. The molecule has 0 saturated carbocycles. The first-order chi connectivity index (χ1) is 9.52. The number of anilines is 1. The normalized spacial score (nSPS) is 20.1. The second-order valence-corrected chi connectivity index (χ2v) is 6.04. The van der Waals surface area contributed by atoms with Crippen LogP contribution in [-0.4, -0.2) is 24.4 Å². The minimum absolute atomic E-state index is 0.104. The standard InChI is InChI=1S/C15H19BrN2O2/c1-3-10(2)17-14(19)13-8-9-18(15(13)20)12-6-4-11(16)5-7-12/h4-7,10,13H,3,8-9H2,1-2H3,(H,17,19). The van der Waals surface area contributed by atoms with Crippen molar-refractivity contribution in [3.05, 3.63) is 28.7 Å². The molecular formula is C15H19BrN2O2. The monoisotopic (exact) mass is 338 g/mol. The van der Waals surface area contributed by atoms with Crippen LogP contribution in [0.4, 0.5) is 5.69 Å². The van der Waals surface area contributed by atoms with Gasteiger partial charge in [-0.15, -0.1) is 0 Å². The van der Waals surface area contributed by atoms with Crippen molar-refractivity contribution >= 4 is 33.4 Å². The summed E-state index contributed by atoms with van der Waals surface area (Å²) in [5.41, 5.74) is 0.844. The third kappa shape index (κ3) is 3.20. The summed E-state index contributed by atoms with van der Waals surface area (Å²) in [6, 6.07) is 7.68. The van der Waals surface area contributed by atoms with E-state index in [9.17, 15) is 9.59 Å². The van der Waals surface area contributed by atoms with Crippen LogP contribution < -0.4 is 10.2 Å². The molecule has 0 aromatic heterocycles. The fraction of sp³-hybridized carbons (Fsp3) is 0.467. The highest BCUT2D eigenvalue weighted by atomic mass is 79.9. The molecule has 1 N–H and O–H groups in total. The lowest BCUT2D eigenvalue weighted by atomic mass is 10.1. The maximum Gasteiger partial charge on any atom is 0.239 e. The third-order valence-corrected chi connectivity index (χ3v) is 4.19. The van der Waals surface area contributed by atoms with Crippen molar-refractivity contribution in [3.8, 4) is 0 Å². The van der Waals surface area contributed by atoms with Crippen LogP contribution in [0, 0.1) is 5.92 Å². The zero-order valence-electron chi connectivity index (χ0n) is 11.7.